The number of ketones is 1. The number of nitrogens with zero attached hydrogens (tertiary/aromatic N) is 5. The number of methoxy groups -OCH3 is 4. The van der Waals surface area contributed by atoms with Crippen LogP contribution in [0.1, 0.15) is 111 Å². The smallest absolute Gasteiger partial charge is 0.261 e. The summed E-state index contributed by atoms with van der Waals surface area (Å²) in [7, 11) is 9.12. The van der Waals surface area contributed by atoms with Crippen molar-refractivity contribution in [3.8, 4) is 0 Å². The van der Waals surface area contributed by atoms with Gasteiger partial charge in [-0.1, -0.05) is 179 Å². The lowest BCUT2D eigenvalue weighted by Gasteiger charge is -2.25. The number of fused-ring (bicyclic) bond motifs is 4. The number of H-pyrrole nitrogens is 4. The van der Waals surface area contributed by atoms with Crippen LogP contribution in [-0.4, -0.2) is 297 Å². The molecule has 0 unspecified atom stereocenters. The number of para-hydroxylation sites is 4. The minimum atomic E-state index is -1.34. The zero-order valence-electron chi connectivity index (χ0n) is 79.0. The lowest BCUT2D eigenvalue weighted by Crippen LogP contribution is -2.49. The van der Waals surface area contributed by atoms with Crippen molar-refractivity contribution < 1.29 is 113 Å². The molecule has 9 rings (SSSR count). The van der Waals surface area contributed by atoms with E-state index >= 15 is 0 Å². The number of ether oxygens (including phenoxy) is 4. The van der Waals surface area contributed by atoms with Gasteiger partial charge in [0.15, 0.2) is 32.2 Å². The second-order valence-electron chi connectivity index (χ2n) is 33.8. The van der Waals surface area contributed by atoms with Crippen molar-refractivity contribution in [1.29, 1.82) is 0 Å². The van der Waals surface area contributed by atoms with Gasteiger partial charge in [-0.3, -0.25) is 33.6 Å². The molecule has 0 radical (unpaired) electrons. The molecule has 133 heavy (non-hydrogen) atoms. The Morgan fingerprint density at radius 1 is 0.376 bits per heavy atom. The molecule has 0 saturated carbocycles. The fraction of sp³-hybridized carbons (Fsp3) is 0.490. The number of nitrogens with two attached hydrogens (primary N) is 1. The molecular formula is C96H136N14O23. The summed E-state index contributed by atoms with van der Waals surface area (Å²) in [5.41, 5.74) is 14.3. The van der Waals surface area contributed by atoms with Crippen molar-refractivity contribution in [2.24, 2.45) is 50.0 Å². The van der Waals surface area contributed by atoms with Gasteiger partial charge < -0.3 is 131 Å². The summed E-state index contributed by atoms with van der Waals surface area (Å²) in [6.07, 6.45) is -2.96. The minimum Gasteiger partial charge on any atom is -0.390 e. The third kappa shape index (κ3) is 34.0. The summed E-state index contributed by atoms with van der Waals surface area (Å²) in [5, 5.41) is 111. The topological polar surface area (TPSA) is 545 Å². The second kappa shape index (κ2) is 55.6. The van der Waals surface area contributed by atoms with E-state index in [1.807, 2.05) is 201 Å². The Morgan fingerprint density at radius 2 is 0.654 bits per heavy atom. The van der Waals surface area contributed by atoms with E-state index in [1.165, 1.54) is 61.0 Å². The van der Waals surface area contributed by atoms with Crippen LogP contribution < -0.4 is 27.0 Å². The van der Waals surface area contributed by atoms with Crippen LogP contribution in [0.2, 0.25) is 0 Å². The van der Waals surface area contributed by atoms with Gasteiger partial charge >= 0.3 is 0 Å². The molecule has 18 N–H and O–H groups in total. The number of hydrogen-bond acceptors (Lipinski definition) is 27. The monoisotopic (exact) mass is 1850 g/mol. The molecule has 0 fully saturated rings. The number of aromatic amines is 4. The molecule has 0 aliphatic heterocycles. The van der Waals surface area contributed by atoms with Crippen LogP contribution in [0, 0.1) is 23.7 Å². The number of hydrogen-bond donors (Lipinski definition) is 17. The van der Waals surface area contributed by atoms with Gasteiger partial charge in [-0.2, -0.15) is 0 Å². The highest BCUT2D eigenvalue weighted by molar-refractivity contribution is 5.97. The molecule has 6 amide bonds. The Bertz CT molecular complexity index is 5230. The number of Topliss-reactive ketones (excluding diaryl/α,β-unsaturated/α-hetero) is 1. The molecule has 4 aromatic heterocycles. The molecule has 15 atom stereocenters. The Morgan fingerprint density at radius 3 is 0.962 bits per heavy atom. The van der Waals surface area contributed by atoms with Crippen molar-refractivity contribution in [3.05, 3.63) is 180 Å². The number of amides is 6. The van der Waals surface area contributed by atoms with E-state index in [0.29, 0.717) is 19.4 Å². The van der Waals surface area contributed by atoms with E-state index in [1.54, 1.807) is 20.3 Å². The number of oxime groups is 4. The number of benzene rings is 5. The molecule has 5 aromatic carbocycles. The molecule has 0 saturated heterocycles. The highest BCUT2D eigenvalue weighted by Crippen LogP contribution is 2.26. The quantitative estimate of drug-likeness (QED) is 0.0155. The molecule has 0 aliphatic carbocycles. The Hall–Kier alpha value is -11.9. The summed E-state index contributed by atoms with van der Waals surface area (Å²) < 4.78 is 21.5. The molecule has 9 aromatic rings. The van der Waals surface area contributed by atoms with Gasteiger partial charge in [0.1, 0.15) is 89.8 Å². The molecule has 4 heterocycles. The predicted molar refractivity (Wildman–Crippen MR) is 507 cm³/mol. The first-order valence-electron chi connectivity index (χ1n) is 44.0. The molecule has 728 valence electrons. The summed E-state index contributed by atoms with van der Waals surface area (Å²) in [6, 6.07) is 37.8. The molecule has 37 nitrogen and oxygen atoms in total. The fourth-order valence-electron chi connectivity index (χ4n) is 14.6. The van der Waals surface area contributed by atoms with Crippen LogP contribution in [0.15, 0.2) is 173 Å². The van der Waals surface area contributed by atoms with Gasteiger partial charge in [0, 0.05) is 143 Å². The number of carbonyl (C=O) groups excluding carboxylic acids is 7. The molecule has 0 bridgehead atoms. The summed E-state index contributed by atoms with van der Waals surface area (Å²) in [5.74, 6) is -3.31. The van der Waals surface area contributed by atoms with E-state index in [0.717, 1.165) is 71.4 Å². The number of aliphatic hydroxyl groups is 8. The van der Waals surface area contributed by atoms with Crippen molar-refractivity contribution in [1.82, 2.24) is 46.1 Å². The maximum atomic E-state index is 13.4. The number of carbonyl (C=O) groups is 7. The number of nitrogens with one attached hydrogen (secondary N) is 8. The maximum absolute atomic E-state index is 13.4. The van der Waals surface area contributed by atoms with Gasteiger partial charge in [0.05, 0.1) is 24.4 Å². The predicted octanol–water partition coefficient (Wildman–Crippen LogP) is 5.94. The number of aromatic nitrogens is 4. The van der Waals surface area contributed by atoms with Crippen LogP contribution in [0.4, 0.5) is 0 Å². The average Bonchev–Trinajstić information content (AvgIpc) is 1.69. The lowest BCUT2D eigenvalue weighted by molar-refractivity contribution is -0.135. The standard InChI is InChI=1S/C32H41N5O6.C24H36N4O6.C22H32N4O6.C18H27NO5/c1-19(2)31(42-4)29(30(40)20(3)38)37-43-18-28(39)36-27(15-22-17-35-26-12-8-6-10-24(22)26)32(41)33-14-13-21-16-34-25-11-7-5-9-23(21)25;1-14(2)23(33-6)21(22(31)15(3)29)27-34-13-20(30)26-19(24(32)28(4)5)11-16-12-25-18-10-8-7-9-17(16)18;1-12(2)21(31-4)19(20(29)13(3)27)26-32-11-18(28)25-17(22(23)30)9-14-10-24-16-8-6-5-7-15(14)16;1-12(2)18(23-4)16(17(22)13(3)20)19-24-11-15(21)10-14-8-6-5-7-9-14/h5-12,16-17,19-20,27,30-31,34-35,38,40H,13-15,18H2,1-4H3,(H,33,41)(H,36,39);7-10,12,14-15,19,22-23,25,29,31H,11,13H2,1-6H3,(H,26,30);5-8,10,12-13,17,20-21,24,27,29H,9,11H2,1-4H3,(H2,23,30)(H,25,28);5-9,12-13,17-18,20,22H,10-11H2,1-4H3/b37-29+;27-21+;26-19+;19-16+/t20-,27+,30+,31+;15-,19+,22+,23+;13-,17+,20+,21+;13-,17+,18+/m1111/s1. The third-order valence-electron chi connectivity index (χ3n) is 21.4. The zero-order valence-corrected chi connectivity index (χ0v) is 79.0. The summed E-state index contributed by atoms with van der Waals surface area (Å²) in [4.78, 5) is 123. The van der Waals surface area contributed by atoms with Crippen LogP contribution in [0.3, 0.4) is 0 Å². The summed E-state index contributed by atoms with van der Waals surface area (Å²) >= 11 is 0. The van der Waals surface area contributed by atoms with E-state index < -0.39 is 135 Å². The van der Waals surface area contributed by atoms with Crippen LogP contribution in [-0.2, 0) is 104 Å². The Kier molecular flexibility index (Phi) is 45.9. The average molecular weight is 1850 g/mol. The minimum absolute atomic E-state index is 0.0192. The van der Waals surface area contributed by atoms with E-state index in [-0.39, 0.29) is 90.0 Å². The van der Waals surface area contributed by atoms with Crippen molar-refractivity contribution in [2.75, 3.05) is 75.5 Å². The molecule has 0 aliphatic rings. The van der Waals surface area contributed by atoms with Crippen LogP contribution in [0.5, 0.6) is 0 Å². The maximum Gasteiger partial charge on any atom is 0.261 e. The van der Waals surface area contributed by atoms with Crippen LogP contribution >= 0.6 is 0 Å². The van der Waals surface area contributed by atoms with Gasteiger partial charge in [0.2, 0.25) is 17.7 Å². The molecule has 0 spiro atoms. The second-order valence-corrected chi connectivity index (χ2v) is 33.8. The molecule has 37 heteroatoms. The third-order valence-corrected chi connectivity index (χ3v) is 21.4. The highest BCUT2D eigenvalue weighted by atomic mass is 16.6. The molecular weight excluding hydrogens is 1720 g/mol. The lowest BCUT2D eigenvalue weighted by atomic mass is 9.96. The van der Waals surface area contributed by atoms with Crippen molar-refractivity contribution in [3.63, 3.8) is 0 Å². The number of aliphatic hydroxyl groups excluding tert-OH is 8. The first-order chi connectivity index (χ1) is 63.3. The van der Waals surface area contributed by atoms with Gasteiger partial charge in [0.25, 0.3) is 17.7 Å². The zero-order chi connectivity index (χ0) is 98.3. The Labute approximate surface area is 774 Å². The van der Waals surface area contributed by atoms with E-state index in [2.05, 4.69) is 61.8 Å². The Balaban J connectivity index is 0.000000278. The summed E-state index contributed by atoms with van der Waals surface area (Å²) in [6.45, 7) is 19.4. The van der Waals surface area contributed by atoms with E-state index in [4.69, 9.17) is 44.0 Å². The number of primary amides is 1. The fourth-order valence-corrected chi connectivity index (χ4v) is 14.6. The van der Waals surface area contributed by atoms with Gasteiger partial charge in [-0.15, -0.1) is 0 Å². The van der Waals surface area contributed by atoms with Crippen molar-refractivity contribution >= 4 is 108 Å². The normalized spacial score (nSPS) is 15.5. The van der Waals surface area contributed by atoms with Gasteiger partial charge in [-0.05, 0) is 110 Å². The van der Waals surface area contributed by atoms with Crippen molar-refractivity contribution in [2.45, 2.75) is 207 Å². The van der Waals surface area contributed by atoms with E-state index in [9.17, 15) is 74.4 Å². The van der Waals surface area contributed by atoms with Crippen LogP contribution in [0.25, 0.3) is 43.6 Å². The number of likely N-dealkylation sites (N-methyl/N-ethyl adjacent to an activating group) is 1. The van der Waals surface area contributed by atoms with Gasteiger partial charge in [-0.25, -0.2) is 0 Å². The first-order valence-corrected chi connectivity index (χ1v) is 44.0. The largest absolute Gasteiger partial charge is 0.390 e. The highest BCUT2D eigenvalue weighted by Gasteiger charge is 2.36. The SMILES string of the molecule is CO[C@H](/C(=N/OCC(=O)Cc1ccccc1)[C@@H](O)[C@@H](C)O)C(C)C.CO[C@H](/C(=N/OCC(=O)N[C@@H](Cc1c[nH]c2ccccc12)C(=O)N(C)C)[C@@H](O)[C@@H](C)O)C(C)C.CO[C@H](/C(=N/OCC(=O)N[C@@H](Cc1c[nH]c2ccccc12)C(=O)NCCc1c[nH]c2ccccc12)[C@@H](O)[C@@H](C)O)C(C)C.CO[C@H](/C(=N/OCC(=O)N[C@@H](Cc1c[nH]c2ccccc12)C(N)=O)[C@@H](O)[C@@H](C)O)C(C)C. The first kappa shape index (κ1) is 110. The number of rotatable bonds is 49.